The Morgan fingerprint density at radius 3 is 2.24 bits per heavy atom. The number of rotatable bonds is 1. The smallest absolute Gasteiger partial charge is 0.0152 e. The number of benzene rings is 1. The summed E-state index contributed by atoms with van der Waals surface area (Å²) in [5.74, 6) is 2.11. The zero-order chi connectivity index (χ0) is 13.9. The summed E-state index contributed by atoms with van der Waals surface area (Å²) in [6.07, 6.45) is 11.7. The van der Waals surface area contributed by atoms with Gasteiger partial charge >= 0.3 is 0 Å². The summed E-state index contributed by atoms with van der Waals surface area (Å²) in [6, 6.07) is 10.3. The van der Waals surface area contributed by atoms with Gasteiger partial charge < -0.3 is 0 Å². The molecule has 2 saturated carbocycles. The van der Waals surface area contributed by atoms with Gasteiger partial charge in [0.1, 0.15) is 0 Å². The predicted molar refractivity (Wildman–Crippen MR) is 86.5 cm³/mol. The zero-order valence-electron chi connectivity index (χ0n) is 13.1. The maximum absolute atomic E-state index is 2.90. The topological polar surface area (TPSA) is 3.24 Å². The Hall–Kier alpha value is -0.820. The fourth-order valence-electron chi connectivity index (χ4n) is 6.34. The van der Waals surface area contributed by atoms with Gasteiger partial charge in [-0.2, -0.15) is 0 Å². The van der Waals surface area contributed by atoms with Crippen LogP contribution in [0.3, 0.4) is 0 Å². The first-order valence-electron chi connectivity index (χ1n) is 9.18. The first-order valence-corrected chi connectivity index (χ1v) is 9.18. The van der Waals surface area contributed by atoms with E-state index in [1.54, 1.807) is 11.1 Å². The molecule has 1 nitrogen and oxygen atoms in total. The predicted octanol–water partition coefficient (Wildman–Crippen LogP) is 4.16. The molecule has 0 aromatic heterocycles. The third-order valence-corrected chi connectivity index (χ3v) is 7.42. The van der Waals surface area contributed by atoms with Gasteiger partial charge in [-0.1, -0.05) is 24.3 Å². The highest BCUT2D eigenvalue weighted by molar-refractivity contribution is 5.39. The maximum Gasteiger partial charge on any atom is 0.0152 e. The molecule has 1 heterocycles. The monoisotopic (exact) mass is 281 g/mol. The van der Waals surface area contributed by atoms with Crippen LogP contribution in [-0.4, -0.2) is 24.0 Å². The van der Waals surface area contributed by atoms with Crippen molar-refractivity contribution >= 4 is 0 Å². The van der Waals surface area contributed by atoms with Crippen LogP contribution >= 0.6 is 0 Å². The van der Waals surface area contributed by atoms with Crippen LogP contribution in [-0.2, 0) is 11.8 Å². The average Bonchev–Trinajstić information content (AvgIpc) is 3.23. The van der Waals surface area contributed by atoms with E-state index in [0.29, 0.717) is 5.41 Å². The van der Waals surface area contributed by atoms with Gasteiger partial charge in [0, 0.05) is 6.04 Å². The molecule has 1 spiro atoms. The second-order valence-electron chi connectivity index (χ2n) is 8.14. The fraction of sp³-hybridized carbons (Fsp3) is 0.700. The van der Waals surface area contributed by atoms with Crippen molar-refractivity contribution in [1.29, 1.82) is 0 Å². The minimum absolute atomic E-state index is 0.546. The van der Waals surface area contributed by atoms with E-state index in [2.05, 4.69) is 29.2 Å². The highest BCUT2D eigenvalue weighted by atomic mass is 15.2. The van der Waals surface area contributed by atoms with Crippen LogP contribution in [0.15, 0.2) is 24.3 Å². The van der Waals surface area contributed by atoms with Crippen LogP contribution in [0.2, 0.25) is 0 Å². The molecule has 4 aliphatic rings. The van der Waals surface area contributed by atoms with Crippen LogP contribution in [0.5, 0.6) is 0 Å². The molecule has 3 aliphatic carbocycles. The number of piperidine rings is 1. The van der Waals surface area contributed by atoms with Gasteiger partial charge in [-0.25, -0.2) is 0 Å². The van der Waals surface area contributed by atoms with Gasteiger partial charge in [0.05, 0.1) is 0 Å². The van der Waals surface area contributed by atoms with E-state index in [1.165, 1.54) is 64.5 Å². The van der Waals surface area contributed by atoms with Crippen molar-refractivity contribution < 1.29 is 0 Å². The molecule has 112 valence electrons. The van der Waals surface area contributed by atoms with Crippen molar-refractivity contribution in [2.75, 3.05) is 13.1 Å². The molecule has 1 aliphatic heterocycles. The van der Waals surface area contributed by atoms with Gasteiger partial charge in [-0.3, -0.25) is 4.90 Å². The van der Waals surface area contributed by atoms with Crippen LogP contribution < -0.4 is 0 Å². The lowest BCUT2D eigenvalue weighted by molar-refractivity contribution is 0.0904. The summed E-state index contributed by atoms with van der Waals surface area (Å²) in [7, 11) is 0. The molecule has 1 aromatic carbocycles. The quantitative estimate of drug-likeness (QED) is 0.747. The number of hydrogen-bond donors (Lipinski definition) is 0. The molecule has 1 aromatic rings. The first-order chi connectivity index (χ1) is 10.4. The lowest BCUT2D eigenvalue weighted by atomic mass is 9.73. The number of nitrogens with zero attached hydrogens (tertiary/aromatic N) is 1. The van der Waals surface area contributed by atoms with E-state index in [4.69, 9.17) is 0 Å². The first kappa shape index (κ1) is 12.7. The van der Waals surface area contributed by atoms with E-state index < -0.39 is 0 Å². The molecule has 0 amide bonds. The van der Waals surface area contributed by atoms with Crippen molar-refractivity contribution in [1.82, 2.24) is 4.90 Å². The molecule has 3 fully saturated rings. The fourth-order valence-corrected chi connectivity index (χ4v) is 6.34. The van der Waals surface area contributed by atoms with Gasteiger partial charge in [-0.15, -0.1) is 0 Å². The lowest BCUT2D eigenvalue weighted by Crippen LogP contribution is -2.48. The van der Waals surface area contributed by atoms with E-state index in [0.717, 1.165) is 17.9 Å². The zero-order valence-corrected chi connectivity index (χ0v) is 13.1. The Morgan fingerprint density at radius 1 is 0.857 bits per heavy atom. The summed E-state index contributed by atoms with van der Waals surface area (Å²) >= 11 is 0. The van der Waals surface area contributed by atoms with E-state index in [-0.39, 0.29) is 0 Å². The summed E-state index contributed by atoms with van der Waals surface area (Å²) in [4.78, 5) is 2.90. The average molecular weight is 281 g/mol. The number of likely N-dealkylation sites (tertiary alicyclic amines) is 1. The molecule has 2 bridgehead atoms. The van der Waals surface area contributed by atoms with Crippen molar-refractivity contribution in [3.05, 3.63) is 35.4 Å². The summed E-state index contributed by atoms with van der Waals surface area (Å²) in [5.41, 5.74) is 3.90. The van der Waals surface area contributed by atoms with E-state index in [1.807, 2.05) is 0 Å². The molecular formula is C20H27N. The third kappa shape index (κ3) is 1.79. The Balaban J connectivity index is 1.35. The Labute approximate surface area is 128 Å². The van der Waals surface area contributed by atoms with Crippen LogP contribution in [0, 0.1) is 11.8 Å². The molecule has 21 heavy (non-hydrogen) atoms. The van der Waals surface area contributed by atoms with Gasteiger partial charge in [0.2, 0.25) is 0 Å². The third-order valence-electron chi connectivity index (χ3n) is 7.42. The molecule has 1 heteroatoms. The maximum atomic E-state index is 2.90. The number of aryl methyl sites for hydroxylation is 1. The SMILES string of the molecule is c1ccc2c(c1)CCC21CCN(C2C3CCC2CC3)CC1. The minimum Gasteiger partial charge on any atom is -0.300 e. The number of hydrogen-bond acceptors (Lipinski definition) is 1. The molecule has 1 saturated heterocycles. The summed E-state index contributed by atoms with van der Waals surface area (Å²) < 4.78 is 0. The van der Waals surface area contributed by atoms with Crippen LogP contribution in [0.1, 0.15) is 56.1 Å². The molecule has 0 radical (unpaired) electrons. The molecule has 0 unspecified atom stereocenters. The van der Waals surface area contributed by atoms with E-state index >= 15 is 0 Å². The van der Waals surface area contributed by atoms with Crippen molar-refractivity contribution in [2.24, 2.45) is 11.8 Å². The van der Waals surface area contributed by atoms with E-state index in [9.17, 15) is 0 Å². The highest BCUT2D eigenvalue weighted by Gasteiger charge is 2.48. The summed E-state index contributed by atoms with van der Waals surface area (Å²) in [5, 5.41) is 0. The van der Waals surface area contributed by atoms with Crippen LogP contribution in [0.25, 0.3) is 0 Å². The highest BCUT2D eigenvalue weighted by Crippen LogP contribution is 2.51. The van der Waals surface area contributed by atoms with Crippen molar-refractivity contribution in [3.8, 4) is 0 Å². The normalized spacial score (nSPS) is 37.2. The standard InChI is InChI=1S/C20H27N/c1-2-4-18-15(3-1)9-10-20(18)11-13-21(14-12-20)19-16-5-6-17(19)8-7-16/h1-4,16-17,19H,5-14H2. The Morgan fingerprint density at radius 2 is 1.52 bits per heavy atom. The minimum atomic E-state index is 0.546. The van der Waals surface area contributed by atoms with Crippen LogP contribution in [0.4, 0.5) is 0 Å². The molecular weight excluding hydrogens is 254 g/mol. The Bertz CT molecular complexity index is 521. The van der Waals surface area contributed by atoms with Crippen molar-refractivity contribution in [2.45, 2.75) is 62.8 Å². The lowest BCUT2D eigenvalue weighted by Gasteiger charge is -2.44. The van der Waals surface area contributed by atoms with Gasteiger partial charge in [0.25, 0.3) is 0 Å². The second kappa shape index (κ2) is 4.59. The second-order valence-corrected chi connectivity index (χ2v) is 8.14. The largest absolute Gasteiger partial charge is 0.300 e. The Kier molecular flexibility index (Phi) is 2.77. The molecule has 0 atom stereocenters. The van der Waals surface area contributed by atoms with Gasteiger partial charge in [0.15, 0.2) is 0 Å². The summed E-state index contributed by atoms with van der Waals surface area (Å²) in [6.45, 7) is 2.73. The van der Waals surface area contributed by atoms with Gasteiger partial charge in [-0.05, 0) is 92.8 Å². The molecule has 0 N–H and O–H groups in total. The van der Waals surface area contributed by atoms with Crippen molar-refractivity contribution in [3.63, 3.8) is 0 Å². The number of fused-ring (bicyclic) bond motifs is 4. The molecule has 5 rings (SSSR count).